The monoisotopic (exact) mass is 269 g/mol. The molecule has 2 aromatic carbocycles. The maximum absolute atomic E-state index is 5.31. The van der Waals surface area contributed by atoms with Gasteiger partial charge in [0.05, 0.1) is 13.3 Å². The molecule has 104 valence electrons. The Labute approximate surface area is 119 Å². The first-order chi connectivity index (χ1) is 9.81. The van der Waals surface area contributed by atoms with Crippen LogP contribution in [0.2, 0.25) is 0 Å². The molecule has 0 unspecified atom stereocenters. The van der Waals surface area contributed by atoms with Gasteiger partial charge in [0.2, 0.25) is 0 Å². The molecule has 0 aromatic heterocycles. The quantitative estimate of drug-likeness (QED) is 0.590. The van der Waals surface area contributed by atoms with Crippen molar-refractivity contribution in [3.63, 3.8) is 0 Å². The smallest absolute Gasteiger partial charge is 0.142 e. The Hall–Kier alpha value is -2.29. The highest BCUT2D eigenvalue weighted by Crippen LogP contribution is 2.13. The molecule has 20 heavy (non-hydrogen) atoms. The van der Waals surface area contributed by atoms with Gasteiger partial charge in [-0.05, 0) is 35.2 Å². The molecule has 0 saturated carbocycles. The molecule has 0 aliphatic carbocycles. The molecule has 0 fully saturated rings. The van der Waals surface area contributed by atoms with Crippen molar-refractivity contribution in [2.24, 2.45) is 5.16 Å². The van der Waals surface area contributed by atoms with E-state index in [4.69, 9.17) is 9.57 Å². The largest absolute Gasteiger partial charge is 0.497 e. The average Bonchev–Trinajstić information content (AvgIpc) is 2.52. The molecule has 0 bridgehead atoms. The number of nitrogens with zero attached hydrogens (tertiary/aromatic N) is 1. The lowest BCUT2D eigenvalue weighted by Gasteiger charge is -2.03. The van der Waals surface area contributed by atoms with Gasteiger partial charge in [-0.1, -0.05) is 48.5 Å². The van der Waals surface area contributed by atoms with Gasteiger partial charge in [-0.2, -0.15) is 0 Å². The van der Waals surface area contributed by atoms with E-state index in [1.54, 1.807) is 13.3 Å². The van der Waals surface area contributed by atoms with Crippen molar-refractivity contribution in [2.45, 2.75) is 20.0 Å². The molecule has 2 rings (SSSR count). The Bertz CT molecular complexity index is 579. The minimum absolute atomic E-state index is 0.432. The standard InChI is InChI=1S/C17H19NO2/c1-3-14-6-4-7-15(10-14)12-18-20-13-16-8-5-9-17(11-16)19-2/h4-12H,3,13H2,1-2H3. The van der Waals surface area contributed by atoms with Gasteiger partial charge in [0, 0.05) is 0 Å². The molecule has 0 radical (unpaired) electrons. The third-order valence-electron chi connectivity index (χ3n) is 3.00. The van der Waals surface area contributed by atoms with E-state index in [0.717, 1.165) is 23.3 Å². The minimum Gasteiger partial charge on any atom is -0.497 e. The van der Waals surface area contributed by atoms with Crippen LogP contribution in [0.25, 0.3) is 0 Å². The van der Waals surface area contributed by atoms with Gasteiger partial charge in [-0.25, -0.2) is 0 Å². The second kappa shape index (κ2) is 7.34. The molecule has 3 nitrogen and oxygen atoms in total. The van der Waals surface area contributed by atoms with E-state index in [9.17, 15) is 0 Å². The molecule has 0 saturated heterocycles. The van der Waals surface area contributed by atoms with Gasteiger partial charge in [-0.3, -0.25) is 0 Å². The normalized spacial score (nSPS) is 10.7. The highest BCUT2D eigenvalue weighted by atomic mass is 16.6. The topological polar surface area (TPSA) is 30.8 Å². The summed E-state index contributed by atoms with van der Waals surface area (Å²) in [6.07, 6.45) is 2.76. The summed E-state index contributed by atoms with van der Waals surface area (Å²) in [5.74, 6) is 0.825. The van der Waals surface area contributed by atoms with Crippen molar-refractivity contribution >= 4 is 6.21 Å². The van der Waals surface area contributed by atoms with Gasteiger partial charge in [0.25, 0.3) is 0 Å². The van der Waals surface area contributed by atoms with Gasteiger partial charge in [0.15, 0.2) is 0 Å². The molecule has 0 spiro atoms. The SMILES string of the molecule is CCc1cccc(C=NOCc2cccc(OC)c2)c1. The third kappa shape index (κ3) is 4.12. The van der Waals surface area contributed by atoms with Crippen LogP contribution in [0.3, 0.4) is 0 Å². The average molecular weight is 269 g/mol. The van der Waals surface area contributed by atoms with Crippen molar-refractivity contribution in [1.29, 1.82) is 0 Å². The number of oxime groups is 1. The van der Waals surface area contributed by atoms with Crippen molar-refractivity contribution in [3.8, 4) is 5.75 Å². The molecule has 2 aromatic rings. The lowest BCUT2D eigenvalue weighted by Crippen LogP contribution is -1.90. The summed E-state index contributed by atoms with van der Waals surface area (Å²) >= 11 is 0. The zero-order chi connectivity index (χ0) is 14.2. The van der Waals surface area contributed by atoms with Gasteiger partial charge >= 0.3 is 0 Å². The zero-order valence-electron chi connectivity index (χ0n) is 11.9. The van der Waals surface area contributed by atoms with E-state index >= 15 is 0 Å². The maximum Gasteiger partial charge on any atom is 0.142 e. The number of ether oxygens (including phenoxy) is 1. The Morgan fingerprint density at radius 3 is 2.65 bits per heavy atom. The third-order valence-corrected chi connectivity index (χ3v) is 3.00. The van der Waals surface area contributed by atoms with Crippen LogP contribution < -0.4 is 4.74 Å². The molecular formula is C17H19NO2. The molecule has 0 heterocycles. The molecule has 3 heteroatoms. The highest BCUT2D eigenvalue weighted by Gasteiger charge is 1.96. The minimum atomic E-state index is 0.432. The fourth-order valence-electron chi connectivity index (χ4n) is 1.87. The van der Waals surface area contributed by atoms with Crippen molar-refractivity contribution in [2.75, 3.05) is 7.11 Å². The Kier molecular flexibility index (Phi) is 5.18. The van der Waals surface area contributed by atoms with Crippen LogP contribution in [0.4, 0.5) is 0 Å². The van der Waals surface area contributed by atoms with Crippen LogP contribution in [-0.4, -0.2) is 13.3 Å². The van der Waals surface area contributed by atoms with E-state index in [1.165, 1.54) is 5.56 Å². The zero-order valence-corrected chi connectivity index (χ0v) is 11.9. The van der Waals surface area contributed by atoms with Gasteiger partial charge in [0.1, 0.15) is 12.4 Å². The predicted octanol–water partition coefficient (Wildman–Crippen LogP) is 3.81. The second-order valence-electron chi connectivity index (χ2n) is 4.46. The number of rotatable bonds is 6. The van der Waals surface area contributed by atoms with Crippen LogP contribution in [0.5, 0.6) is 5.75 Å². The molecule has 0 atom stereocenters. The summed E-state index contributed by atoms with van der Waals surface area (Å²) in [6, 6.07) is 16.0. The van der Waals surface area contributed by atoms with Crippen molar-refractivity contribution in [1.82, 2.24) is 0 Å². The Morgan fingerprint density at radius 1 is 1.05 bits per heavy atom. The van der Waals surface area contributed by atoms with E-state index in [2.05, 4.69) is 24.2 Å². The van der Waals surface area contributed by atoms with E-state index in [-0.39, 0.29) is 0 Å². The highest BCUT2D eigenvalue weighted by molar-refractivity contribution is 5.79. The fourth-order valence-corrected chi connectivity index (χ4v) is 1.87. The molecule has 0 N–H and O–H groups in total. The first-order valence-corrected chi connectivity index (χ1v) is 6.69. The van der Waals surface area contributed by atoms with E-state index < -0.39 is 0 Å². The number of methoxy groups -OCH3 is 1. The molecule has 0 aliphatic heterocycles. The second-order valence-corrected chi connectivity index (χ2v) is 4.46. The first kappa shape index (κ1) is 14.1. The molecule has 0 amide bonds. The number of hydrogen-bond donors (Lipinski definition) is 0. The predicted molar refractivity (Wildman–Crippen MR) is 81.2 cm³/mol. The lowest BCUT2D eigenvalue weighted by atomic mass is 10.1. The summed E-state index contributed by atoms with van der Waals surface area (Å²) in [7, 11) is 1.65. The summed E-state index contributed by atoms with van der Waals surface area (Å²) in [5, 5.41) is 4.00. The fraction of sp³-hybridized carbons (Fsp3) is 0.235. The number of benzene rings is 2. The first-order valence-electron chi connectivity index (χ1n) is 6.69. The van der Waals surface area contributed by atoms with Crippen LogP contribution in [0.15, 0.2) is 53.7 Å². The van der Waals surface area contributed by atoms with E-state index in [1.807, 2.05) is 36.4 Å². The van der Waals surface area contributed by atoms with Crippen molar-refractivity contribution in [3.05, 3.63) is 65.2 Å². The van der Waals surface area contributed by atoms with Gasteiger partial charge < -0.3 is 9.57 Å². The summed E-state index contributed by atoms with van der Waals surface area (Å²) in [6.45, 7) is 2.57. The van der Waals surface area contributed by atoms with E-state index in [0.29, 0.717) is 6.61 Å². The molecule has 0 aliphatic rings. The van der Waals surface area contributed by atoms with Crippen LogP contribution >= 0.6 is 0 Å². The summed E-state index contributed by atoms with van der Waals surface area (Å²) in [4.78, 5) is 5.31. The van der Waals surface area contributed by atoms with Crippen LogP contribution in [-0.2, 0) is 17.9 Å². The summed E-state index contributed by atoms with van der Waals surface area (Å²) < 4.78 is 5.16. The number of hydrogen-bond acceptors (Lipinski definition) is 3. The lowest BCUT2D eigenvalue weighted by molar-refractivity contribution is 0.132. The van der Waals surface area contributed by atoms with Crippen LogP contribution in [0, 0.1) is 0 Å². The summed E-state index contributed by atoms with van der Waals surface area (Å²) in [5.41, 5.74) is 3.38. The maximum atomic E-state index is 5.31. The molecular weight excluding hydrogens is 250 g/mol. The number of aryl methyl sites for hydroxylation is 1. The van der Waals surface area contributed by atoms with Crippen LogP contribution in [0.1, 0.15) is 23.6 Å². The van der Waals surface area contributed by atoms with Crippen molar-refractivity contribution < 1.29 is 9.57 Å². The van der Waals surface area contributed by atoms with Gasteiger partial charge in [-0.15, -0.1) is 0 Å². The Balaban J connectivity index is 1.89. The Morgan fingerprint density at radius 2 is 1.85 bits per heavy atom.